The molecule has 178 valence electrons. The Morgan fingerprint density at radius 1 is 1.03 bits per heavy atom. The SMILES string of the molecule is CCCCNC(=O)c1cn(CCOC)cc(C(=O)NCC2(c3ccccc3)CCCC2)c1=O. The van der Waals surface area contributed by atoms with Crippen molar-refractivity contribution in [1.29, 1.82) is 0 Å². The molecule has 0 saturated heterocycles. The van der Waals surface area contributed by atoms with E-state index in [1.165, 1.54) is 18.0 Å². The van der Waals surface area contributed by atoms with Crippen LogP contribution in [0.15, 0.2) is 47.5 Å². The Morgan fingerprint density at radius 2 is 1.67 bits per heavy atom. The van der Waals surface area contributed by atoms with Gasteiger partial charge in [0.05, 0.1) is 6.61 Å². The van der Waals surface area contributed by atoms with Crippen molar-refractivity contribution >= 4 is 11.8 Å². The average molecular weight is 454 g/mol. The van der Waals surface area contributed by atoms with Crippen LogP contribution >= 0.6 is 0 Å². The first-order valence-corrected chi connectivity index (χ1v) is 11.9. The molecule has 0 aliphatic heterocycles. The smallest absolute Gasteiger partial charge is 0.256 e. The van der Waals surface area contributed by atoms with Gasteiger partial charge in [-0.25, -0.2) is 0 Å². The summed E-state index contributed by atoms with van der Waals surface area (Å²) in [5.41, 5.74) is 0.505. The molecule has 1 fully saturated rings. The van der Waals surface area contributed by atoms with Gasteiger partial charge in [0, 0.05) is 44.6 Å². The minimum atomic E-state index is -0.546. The zero-order chi connectivity index (χ0) is 23.7. The fraction of sp³-hybridized carbons (Fsp3) is 0.500. The number of methoxy groups -OCH3 is 1. The van der Waals surface area contributed by atoms with Gasteiger partial charge in [-0.15, -0.1) is 0 Å². The van der Waals surface area contributed by atoms with Gasteiger partial charge in [0.1, 0.15) is 11.1 Å². The fourth-order valence-electron chi connectivity index (χ4n) is 4.51. The number of rotatable bonds is 11. The second-order valence-electron chi connectivity index (χ2n) is 8.79. The Morgan fingerprint density at radius 3 is 2.27 bits per heavy atom. The van der Waals surface area contributed by atoms with Crippen molar-refractivity contribution in [2.24, 2.45) is 0 Å². The first kappa shape index (κ1) is 24.7. The van der Waals surface area contributed by atoms with Crippen molar-refractivity contribution in [2.45, 2.75) is 57.4 Å². The predicted octanol–water partition coefficient (Wildman–Crippen LogP) is 3.27. The summed E-state index contributed by atoms with van der Waals surface area (Å²) in [6, 6.07) is 10.2. The third-order valence-electron chi connectivity index (χ3n) is 6.47. The van der Waals surface area contributed by atoms with Crippen LogP contribution in [0, 0.1) is 0 Å². The molecule has 0 unspecified atom stereocenters. The van der Waals surface area contributed by atoms with Crippen molar-refractivity contribution in [3.8, 4) is 0 Å². The molecule has 0 atom stereocenters. The summed E-state index contributed by atoms with van der Waals surface area (Å²) in [5.74, 6) is -0.901. The zero-order valence-electron chi connectivity index (χ0n) is 19.7. The molecule has 2 amide bonds. The minimum Gasteiger partial charge on any atom is -0.383 e. The summed E-state index contributed by atoms with van der Waals surface area (Å²) >= 11 is 0. The highest BCUT2D eigenvalue weighted by Crippen LogP contribution is 2.40. The van der Waals surface area contributed by atoms with Gasteiger partial charge in [-0.3, -0.25) is 14.4 Å². The molecule has 33 heavy (non-hydrogen) atoms. The number of hydrogen-bond donors (Lipinski definition) is 2. The number of nitrogens with zero attached hydrogens (tertiary/aromatic N) is 1. The van der Waals surface area contributed by atoms with Crippen molar-refractivity contribution in [3.63, 3.8) is 0 Å². The number of aromatic nitrogens is 1. The largest absolute Gasteiger partial charge is 0.383 e. The van der Waals surface area contributed by atoms with E-state index in [2.05, 4.69) is 22.8 Å². The number of benzene rings is 1. The molecule has 0 bridgehead atoms. The average Bonchev–Trinajstić information content (AvgIpc) is 3.32. The maximum absolute atomic E-state index is 13.2. The number of ether oxygens (including phenoxy) is 1. The lowest BCUT2D eigenvalue weighted by molar-refractivity contribution is 0.0940. The van der Waals surface area contributed by atoms with Crippen LogP contribution in [0.2, 0.25) is 0 Å². The van der Waals surface area contributed by atoms with Crippen molar-refractivity contribution in [1.82, 2.24) is 15.2 Å². The van der Waals surface area contributed by atoms with Crippen LogP contribution in [-0.2, 0) is 16.7 Å². The molecule has 3 rings (SSSR count). The van der Waals surface area contributed by atoms with Crippen LogP contribution in [0.25, 0.3) is 0 Å². The quantitative estimate of drug-likeness (QED) is 0.511. The summed E-state index contributed by atoms with van der Waals surface area (Å²) in [4.78, 5) is 38.9. The van der Waals surface area contributed by atoms with Gasteiger partial charge in [0.15, 0.2) is 0 Å². The Hall–Kier alpha value is -2.93. The number of carbonyl (C=O) groups is 2. The van der Waals surface area contributed by atoms with E-state index >= 15 is 0 Å². The van der Waals surface area contributed by atoms with Gasteiger partial charge in [0.2, 0.25) is 5.43 Å². The first-order chi connectivity index (χ1) is 16.0. The Labute approximate surface area is 195 Å². The number of unbranched alkanes of at least 4 members (excludes halogenated alkanes) is 1. The molecule has 7 nitrogen and oxygen atoms in total. The Bertz CT molecular complexity index is 994. The van der Waals surface area contributed by atoms with Crippen LogP contribution in [0.3, 0.4) is 0 Å². The van der Waals surface area contributed by atoms with Crippen molar-refractivity contribution in [2.75, 3.05) is 26.8 Å². The standard InChI is InChI=1S/C26H35N3O4/c1-3-4-14-27-24(31)21-17-29(15-16-33-2)18-22(23(21)30)25(32)28-19-26(12-8-9-13-26)20-10-6-5-7-11-20/h5-7,10-11,17-18H,3-4,8-9,12-16,19H2,1-2H3,(H,27,31)(H,28,32). The topological polar surface area (TPSA) is 89.4 Å². The lowest BCUT2D eigenvalue weighted by Crippen LogP contribution is -2.41. The molecule has 1 heterocycles. The van der Waals surface area contributed by atoms with E-state index in [4.69, 9.17) is 4.74 Å². The van der Waals surface area contributed by atoms with E-state index in [-0.39, 0.29) is 16.5 Å². The fourth-order valence-corrected chi connectivity index (χ4v) is 4.51. The molecule has 2 N–H and O–H groups in total. The summed E-state index contributed by atoms with van der Waals surface area (Å²) in [7, 11) is 1.58. The molecular weight excluding hydrogens is 418 g/mol. The van der Waals surface area contributed by atoms with Gasteiger partial charge in [-0.2, -0.15) is 0 Å². The monoisotopic (exact) mass is 453 g/mol. The van der Waals surface area contributed by atoms with Crippen LogP contribution in [0.5, 0.6) is 0 Å². The number of hydrogen-bond acceptors (Lipinski definition) is 4. The normalized spacial score (nSPS) is 14.7. The van der Waals surface area contributed by atoms with E-state index in [1.807, 2.05) is 25.1 Å². The predicted molar refractivity (Wildman–Crippen MR) is 129 cm³/mol. The molecule has 1 aliphatic carbocycles. The highest BCUT2D eigenvalue weighted by molar-refractivity contribution is 5.99. The summed E-state index contributed by atoms with van der Waals surface area (Å²) in [5, 5.41) is 5.79. The lowest BCUT2D eigenvalue weighted by atomic mass is 9.79. The maximum atomic E-state index is 13.2. The molecule has 1 aromatic heterocycles. The Balaban J connectivity index is 1.84. The number of nitrogens with one attached hydrogen (secondary N) is 2. The van der Waals surface area contributed by atoms with E-state index in [0.29, 0.717) is 26.2 Å². The van der Waals surface area contributed by atoms with E-state index in [9.17, 15) is 14.4 Å². The number of pyridine rings is 1. The molecule has 0 spiro atoms. The highest BCUT2D eigenvalue weighted by Gasteiger charge is 2.36. The van der Waals surface area contributed by atoms with Gasteiger partial charge in [-0.1, -0.05) is 56.5 Å². The number of amides is 2. The summed E-state index contributed by atoms with van der Waals surface area (Å²) in [6.07, 6.45) is 9.00. The van der Waals surface area contributed by atoms with Crippen LogP contribution in [-0.4, -0.2) is 43.2 Å². The van der Waals surface area contributed by atoms with Gasteiger partial charge >= 0.3 is 0 Å². The van der Waals surface area contributed by atoms with Crippen LogP contribution in [0.1, 0.15) is 71.7 Å². The van der Waals surface area contributed by atoms with Gasteiger partial charge < -0.3 is 19.9 Å². The lowest BCUT2D eigenvalue weighted by Gasteiger charge is -2.30. The highest BCUT2D eigenvalue weighted by atomic mass is 16.5. The zero-order valence-corrected chi connectivity index (χ0v) is 19.7. The minimum absolute atomic E-state index is 0.0181. The number of carbonyl (C=O) groups excluding carboxylic acids is 2. The van der Waals surface area contributed by atoms with Crippen LogP contribution < -0.4 is 16.1 Å². The third kappa shape index (κ3) is 6.11. The molecule has 7 heteroatoms. The molecule has 2 aromatic rings. The van der Waals surface area contributed by atoms with Crippen molar-refractivity contribution in [3.05, 3.63) is 69.6 Å². The molecular formula is C26H35N3O4. The molecule has 1 aliphatic rings. The van der Waals surface area contributed by atoms with E-state index in [1.54, 1.807) is 11.7 Å². The summed E-state index contributed by atoms with van der Waals surface area (Å²) in [6.45, 7) is 3.81. The first-order valence-electron chi connectivity index (χ1n) is 11.9. The second-order valence-corrected chi connectivity index (χ2v) is 8.79. The second kappa shape index (κ2) is 11.8. The molecule has 1 saturated carbocycles. The molecule has 1 aromatic carbocycles. The van der Waals surface area contributed by atoms with Gasteiger partial charge in [-0.05, 0) is 24.8 Å². The maximum Gasteiger partial charge on any atom is 0.256 e. The van der Waals surface area contributed by atoms with Gasteiger partial charge in [0.25, 0.3) is 11.8 Å². The summed E-state index contributed by atoms with van der Waals surface area (Å²) < 4.78 is 6.81. The molecule has 0 radical (unpaired) electrons. The van der Waals surface area contributed by atoms with E-state index in [0.717, 1.165) is 38.5 Å². The van der Waals surface area contributed by atoms with Crippen LogP contribution in [0.4, 0.5) is 0 Å². The Kier molecular flexibility index (Phi) is 8.83. The van der Waals surface area contributed by atoms with Crippen molar-refractivity contribution < 1.29 is 14.3 Å². The van der Waals surface area contributed by atoms with E-state index < -0.39 is 17.2 Å². The third-order valence-corrected chi connectivity index (χ3v) is 6.47.